The lowest BCUT2D eigenvalue weighted by atomic mass is 10.1. The molecule has 1 aliphatic heterocycles. The average Bonchev–Trinajstić information content (AvgIpc) is 2.93. The van der Waals surface area contributed by atoms with Crippen LogP contribution in [0.4, 0.5) is 0 Å². The Morgan fingerprint density at radius 3 is 2.53 bits per heavy atom. The Morgan fingerprint density at radius 1 is 1.32 bits per heavy atom. The van der Waals surface area contributed by atoms with Crippen LogP contribution in [0, 0.1) is 0 Å². The molecule has 2 N–H and O–H groups in total. The normalized spacial score (nSPS) is 17.5. The van der Waals surface area contributed by atoms with Crippen LogP contribution in [0.25, 0.3) is 0 Å². The van der Waals surface area contributed by atoms with Crippen molar-refractivity contribution in [1.82, 2.24) is 10.2 Å². The molecular weight excluding hydrogens is 240 g/mol. The Balaban J connectivity index is 1.74. The minimum atomic E-state index is -0.873. The summed E-state index contributed by atoms with van der Waals surface area (Å²) in [7, 11) is 0. The van der Waals surface area contributed by atoms with E-state index in [4.69, 9.17) is 5.11 Å². The van der Waals surface area contributed by atoms with Gasteiger partial charge in [-0.3, -0.25) is 4.90 Å². The lowest BCUT2D eigenvalue weighted by Gasteiger charge is -2.23. The summed E-state index contributed by atoms with van der Waals surface area (Å²) in [4.78, 5) is 13.3. The largest absolute Gasteiger partial charge is 0.478 e. The molecule has 0 aliphatic carbocycles. The van der Waals surface area contributed by atoms with Gasteiger partial charge in [-0.25, -0.2) is 4.79 Å². The van der Waals surface area contributed by atoms with E-state index in [0.29, 0.717) is 11.6 Å². The first-order valence-corrected chi connectivity index (χ1v) is 6.94. The highest BCUT2D eigenvalue weighted by Crippen LogP contribution is 2.11. The van der Waals surface area contributed by atoms with Crippen LogP contribution in [0.2, 0.25) is 0 Å². The summed E-state index contributed by atoms with van der Waals surface area (Å²) >= 11 is 0. The maximum Gasteiger partial charge on any atom is 0.335 e. The van der Waals surface area contributed by atoms with Gasteiger partial charge in [0.2, 0.25) is 0 Å². The summed E-state index contributed by atoms with van der Waals surface area (Å²) in [6.45, 7) is 6.46. The molecule has 1 saturated heterocycles. The number of likely N-dealkylation sites (tertiary alicyclic amines) is 1. The highest BCUT2D eigenvalue weighted by molar-refractivity contribution is 5.87. The number of benzene rings is 1. The second kappa shape index (κ2) is 6.68. The minimum Gasteiger partial charge on any atom is -0.478 e. The van der Waals surface area contributed by atoms with Gasteiger partial charge in [0, 0.05) is 19.1 Å². The zero-order chi connectivity index (χ0) is 13.7. The van der Waals surface area contributed by atoms with Crippen molar-refractivity contribution in [2.45, 2.75) is 32.4 Å². The number of hydrogen-bond acceptors (Lipinski definition) is 3. The molecule has 0 saturated carbocycles. The zero-order valence-electron chi connectivity index (χ0n) is 11.4. The average molecular weight is 262 g/mol. The van der Waals surface area contributed by atoms with E-state index in [1.165, 1.54) is 25.9 Å². The number of carboxylic acid groups (broad SMARTS) is 1. The topological polar surface area (TPSA) is 52.6 Å². The minimum absolute atomic E-state index is 0.342. The number of carbonyl (C=O) groups is 1. The molecule has 19 heavy (non-hydrogen) atoms. The lowest BCUT2D eigenvalue weighted by Crippen LogP contribution is -2.38. The number of hydrogen-bond donors (Lipinski definition) is 2. The van der Waals surface area contributed by atoms with Crippen molar-refractivity contribution in [3.8, 4) is 0 Å². The first kappa shape index (κ1) is 14.0. The van der Waals surface area contributed by atoms with Gasteiger partial charge in [-0.15, -0.1) is 0 Å². The summed E-state index contributed by atoms with van der Waals surface area (Å²) in [5, 5.41) is 12.3. The van der Waals surface area contributed by atoms with Crippen LogP contribution in [0.15, 0.2) is 24.3 Å². The maximum absolute atomic E-state index is 10.7. The molecule has 1 aromatic carbocycles. The Bertz CT molecular complexity index is 411. The molecule has 1 atom stereocenters. The molecule has 0 amide bonds. The van der Waals surface area contributed by atoms with Gasteiger partial charge >= 0.3 is 5.97 Å². The number of carboxylic acids is 1. The van der Waals surface area contributed by atoms with E-state index in [-0.39, 0.29) is 0 Å². The van der Waals surface area contributed by atoms with Crippen molar-refractivity contribution >= 4 is 5.97 Å². The van der Waals surface area contributed by atoms with Gasteiger partial charge in [0.1, 0.15) is 0 Å². The predicted octanol–water partition coefficient (Wildman–Crippen LogP) is 1.96. The van der Waals surface area contributed by atoms with E-state index >= 15 is 0 Å². The Labute approximate surface area is 114 Å². The van der Waals surface area contributed by atoms with Crippen LogP contribution in [-0.4, -0.2) is 41.7 Å². The number of rotatable bonds is 6. The van der Waals surface area contributed by atoms with E-state index in [9.17, 15) is 4.79 Å². The van der Waals surface area contributed by atoms with Crippen molar-refractivity contribution in [2.24, 2.45) is 0 Å². The van der Waals surface area contributed by atoms with Crippen molar-refractivity contribution in [3.05, 3.63) is 35.4 Å². The fourth-order valence-electron chi connectivity index (χ4n) is 2.50. The zero-order valence-corrected chi connectivity index (χ0v) is 11.4. The highest BCUT2D eigenvalue weighted by Gasteiger charge is 2.17. The molecule has 1 aromatic rings. The first-order chi connectivity index (χ1) is 9.16. The maximum atomic E-state index is 10.7. The third-order valence-corrected chi connectivity index (χ3v) is 3.73. The van der Waals surface area contributed by atoms with Crippen LogP contribution in [0.5, 0.6) is 0 Å². The quantitative estimate of drug-likeness (QED) is 0.823. The van der Waals surface area contributed by atoms with E-state index in [0.717, 1.165) is 18.7 Å². The summed E-state index contributed by atoms with van der Waals surface area (Å²) in [6.07, 6.45) is 2.64. The predicted molar refractivity (Wildman–Crippen MR) is 75.4 cm³/mol. The van der Waals surface area contributed by atoms with Gasteiger partial charge in [0.15, 0.2) is 0 Å². The monoisotopic (exact) mass is 262 g/mol. The molecule has 1 fully saturated rings. The second-order valence-corrected chi connectivity index (χ2v) is 5.23. The SMILES string of the molecule is CC(CNCc1ccc(C(=O)O)cc1)N1CCCC1. The third-order valence-electron chi connectivity index (χ3n) is 3.73. The van der Waals surface area contributed by atoms with Gasteiger partial charge < -0.3 is 10.4 Å². The molecule has 104 valence electrons. The van der Waals surface area contributed by atoms with E-state index < -0.39 is 5.97 Å². The molecular formula is C15H22N2O2. The van der Waals surface area contributed by atoms with Crippen LogP contribution in [0.3, 0.4) is 0 Å². The summed E-state index contributed by atoms with van der Waals surface area (Å²) in [6, 6.07) is 7.63. The van der Waals surface area contributed by atoms with Crippen molar-refractivity contribution in [3.63, 3.8) is 0 Å². The molecule has 0 radical (unpaired) electrons. The van der Waals surface area contributed by atoms with Crippen LogP contribution in [0.1, 0.15) is 35.7 Å². The molecule has 4 heteroatoms. The molecule has 2 rings (SSSR count). The van der Waals surface area contributed by atoms with Gasteiger partial charge in [-0.2, -0.15) is 0 Å². The van der Waals surface area contributed by atoms with Gasteiger partial charge in [-0.05, 0) is 50.6 Å². The van der Waals surface area contributed by atoms with E-state index in [2.05, 4.69) is 17.1 Å². The fraction of sp³-hybridized carbons (Fsp3) is 0.533. The van der Waals surface area contributed by atoms with Crippen LogP contribution >= 0.6 is 0 Å². The van der Waals surface area contributed by atoms with Crippen molar-refractivity contribution in [1.29, 1.82) is 0 Å². The summed E-state index contributed by atoms with van der Waals surface area (Å²) in [5.41, 5.74) is 1.47. The first-order valence-electron chi connectivity index (χ1n) is 6.94. The summed E-state index contributed by atoms with van der Waals surface area (Å²) in [5.74, 6) is -0.873. The fourth-order valence-corrected chi connectivity index (χ4v) is 2.50. The third kappa shape index (κ3) is 4.04. The smallest absolute Gasteiger partial charge is 0.335 e. The standard InChI is InChI=1S/C15H22N2O2/c1-12(17-8-2-3-9-17)10-16-11-13-4-6-14(7-5-13)15(18)19/h4-7,12,16H,2-3,8-11H2,1H3,(H,18,19). The lowest BCUT2D eigenvalue weighted by molar-refractivity contribution is 0.0697. The van der Waals surface area contributed by atoms with Crippen LogP contribution in [-0.2, 0) is 6.54 Å². The summed E-state index contributed by atoms with van der Waals surface area (Å²) < 4.78 is 0. The van der Waals surface area contributed by atoms with Crippen molar-refractivity contribution < 1.29 is 9.90 Å². The van der Waals surface area contributed by atoms with Gasteiger partial charge in [-0.1, -0.05) is 12.1 Å². The molecule has 1 heterocycles. The van der Waals surface area contributed by atoms with Crippen molar-refractivity contribution in [2.75, 3.05) is 19.6 Å². The van der Waals surface area contributed by atoms with E-state index in [1.807, 2.05) is 12.1 Å². The molecule has 0 aromatic heterocycles. The Morgan fingerprint density at radius 2 is 1.95 bits per heavy atom. The number of nitrogens with zero attached hydrogens (tertiary/aromatic N) is 1. The Hall–Kier alpha value is -1.39. The van der Waals surface area contributed by atoms with Crippen LogP contribution < -0.4 is 5.32 Å². The second-order valence-electron chi connectivity index (χ2n) is 5.23. The number of aromatic carboxylic acids is 1. The van der Waals surface area contributed by atoms with Gasteiger partial charge in [0.05, 0.1) is 5.56 Å². The highest BCUT2D eigenvalue weighted by atomic mass is 16.4. The van der Waals surface area contributed by atoms with Gasteiger partial charge in [0.25, 0.3) is 0 Å². The molecule has 1 aliphatic rings. The number of nitrogens with one attached hydrogen (secondary N) is 1. The molecule has 1 unspecified atom stereocenters. The molecule has 0 spiro atoms. The molecule has 0 bridgehead atoms. The van der Waals surface area contributed by atoms with E-state index in [1.54, 1.807) is 12.1 Å². The Kier molecular flexibility index (Phi) is 4.93. The molecule has 4 nitrogen and oxygen atoms in total.